The minimum atomic E-state index is -0.480. The molecular formula is C12H17N3O2. The van der Waals surface area contributed by atoms with Crippen LogP contribution in [-0.2, 0) is 4.74 Å². The monoisotopic (exact) mass is 235 g/mol. The van der Waals surface area contributed by atoms with Gasteiger partial charge in [0.2, 0.25) is 0 Å². The first-order valence-electron chi connectivity index (χ1n) is 5.38. The fourth-order valence-corrected chi connectivity index (χ4v) is 1.44. The van der Waals surface area contributed by atoms with E-state index in [4.69, 9.17) is 15.7 Å². The molecule has 0 saturated carbocycles. The van der Waals surface area contributed by atoms with Gasteiger partial charge in [-0.1, -0.05) is 0 Å². The number of ether oxygens (including phenoxy) is 1. The van der Waals surface area contributed by atoms with Crippen molar-refractivity contribution in [2.24, 2.45) is 0 Å². The van der Waals surface area contributed by atoms with Crippen LogP contribution in [-0.4, -0.2) is 31.5 Å². The number of nitrogen functional groups attached to an aromatic ring is 1. The second-order valence-electron chi connectivity index (χ2n) is 3.74. The fraction of sp³-hybridized carbons (Fsp3) is 0.417. The first-order valence-corrected chi connectivity index (χ1v) is 5.38. The molecule has 0 aromatic heterocycles. The maximum Gasteiger partial charge on any atom is 0.0992 e. The van der Waals surface area contributed by atoms with Crippen molar-refractivity contribution in [2.75, 3.05) is 31.3 Å². The molecule has 0 radical (unpaired) electrons. The summed E-state index contributed by atoms with van der Waals surface area (Å²) < 4.78 is 4.82. The summed E-state index contributed by atoms with van der Waals surface area (Å²) in [4.78, 5) is 0. The molecule has 0 amide bonds. The Hall–Kier alpha value is -1.77. The molecule has 0 aliphatic heterocycles. The van der Waals surface area contributed by atoms with Crippen molar-refractivity contribution in [3.05, 3.63) is 23.8 Å². The number of methoxy groups -OCH3 is 1. The minimum absolute atomic E-state index is 0.324. The van der Waals surface area contributed by atoms with Gasteiger partial charge in [0.05, 0.1) is 35.7 Å². The Balaban J connectivity index is 2.45. The number of anilines is 2. The maximum absolute atomic E-state index is 9.44. The molecule has 0 fully saturated rings. The Morgan fingerprint density at radius 1 is 1.59 bits per heavy atom. The molecule has 92 valence electrons. The molecule has 1 rings (SSSR count). The molecule has 1 aromatic rings. The van der Waals surface area contributed by atoms with Crippen molar-refractivity contribution < 1.29 is 9.84 Å². The molecule has 0 aliphatic carbocycles. The van der Waals surface area contributed by atoms with Crippen LogP contribution in [0.1, 0.15) is 12.0 Å². The van der Waals surface area contributed by atoms with Crippen LogP contribution in [0.25, 0.3) is 0 Å². The SMILES string of the molecule is COCC(O)CCNc1ccc(C#N)cc1N. The van der Waals surface area contributed by atoms with Crippen molar-refractivity contribution in [3.8, 4) is 6.07 Å². The first kappa shape index (κ1) is 13.3. The molecule has 5 nitrogen and oxygen atoms in total. The van der Waals surface area contributed by atoms with E-state index in [9.17, 15) is 5.11 Å². The summed E-state index contributed by atoms with van der Waals surface area (Å²) in [5, 5.41) is 21.2. The molecule has 0 spiro atoms. The third kappa shape index (κ3) is 4.31. The van der Waals surface area contributed by atoms with Crippen LogP contribution >= 0.6 is 0 Å². The molecule has 0 bridgehead atoms. The van der Waals surface area contributed by atoms with Crippen molar-refractivity contribution in [2.45, 2.75) is 12.5 Å². The van der Waals surface area contributed by atoms with Crippen LogP contribution in [0.3, 0.4) is 0 Å². The predicted octanol–water partition coefficient (Wildman–Crippen LogP) is 0.950. The number of nitrogens with one attached hydrogen (secondary N) is 1. The first-order chi connectivity index (χ1) is 8.17. The van der Waals surface area contributed by atoms with Crippen LogP contribution < -0.4 is 11.1 Å². The number of nitrogens with zero attached hydrogens (tertiary/aromatic N) is 1. The second kappa shape index (κ2) is 6.74. The van der Waals surface area contributed by atoms with Gasteiger partial charge in [0.1, 0.15) is 0 Å². The lowest BCUT2D eigenvalue weighted by Crippen LogP contribution is -2.18. The van der Waals surface area contributed by atoms with E-state index >= 15 is 0 Å². The highest BCUT2D eigenvalue weighted by atomic mass is 16.5. The van der Waals surface area contributed by atoms with E-state index < -0.39 is 6.10 Å². The lowest BCUT2D eigenvalue weighted by Gasteiger charge is -2.12. The van der Waals surface area contributed by atoms with E-state index in [1.807, 2.05) is 6.07 Å². The van der Waals surface area contributed by atoms with Crippen molar-refractivity contribution >= 4 is 11.4 Å². The molecule has 0 heterocycles. The van der Waals surface area contributed by atoms with Crippen molar-refractivity contribution in [1.29, 1.82) is 5.26 Å². The van der Waals surface area contributed by atoms with Crippen LogP contribution in [0, 0.1) is 11.3 Å². The Kier molecular flexibility index (Phi) is 5.27. The van der Waals surface area contributed by atoms with E-state index in [1.165, 1.54) is 0 Å². The zero-order valence-electron chi connectivity index (χ0n) is 9.81. The van der Waals surface area contributed by atoms with Crippen molar-refractivity contribution in [1.82, 2.24) is 0 Å². The third-order valence-electron chi connectivity index (χ3n) is 2.33. The van der Waals surface area contributed by atoms with Gasteiger partial charge >= 0.3 is 0 Å². The number of aliphatic hydroxyl groups is 1. The molecule has 0 aliphatic rings. The standard InChI is InChI=1S/C12H17N3O2/c1-17-8-10(16)4-5-15-12-3-2-9(7-13)6-11(12)14/h2-3,6,10,15-16H,4-5,8,14H2,1H3. The van der Waals surface area contributed by atoms with E-state index in [0.717, 1.165) is 5.69 Å². The molecule has 4 N–H and O–H groups in total. The zero-order chi connectivity index (χ0) is 12.7. The van der Waals surface area contributed by atoms with Gasteiger partial charge in [-0.2, -0.15) is 5.26 Å². The molecule has 1 atom stereocenters. The van der Waals surface area contributed by atoms with Gasteiger partial charge in [-0.3, -0.25) is 0 Å². The van der Waals surface area contributed by atoms with Gasteiger partial charge in [0, 0.05) is 13.7 Å². The van der Waals surface area contributed by atoms with Crippen LogP contribution in [0.15, 0.2) is 18.2 Å². The summed E-state index contributed by atoms with van der Waals surface area (Å²) in [7, 11) is 1.55. The highest BCUT2D eigenvalue weighted by molar-refractivity contribution is 5.68. The lowest BCUT2D eigenvalue weighted by atomic mass is 10.2. The maximum atomic E-state index is 9.44. The molecule has 17 heavy (non-hydrogen) atoms. The van der Waals surface area contributed by atoms with Gasteiger partial charge in [0.15, 0.2) is 0 Å². The van der Waals surface area contributed by atoms with Crippen LogP contribution in [0.4, 0.5) is 11.4 Å². The molecule has 1 unspecified atom stereocenters. The highest BCUT2D eigenvalue weighted by Crippen LogP contribution is 2.19. The van der Waals surface area contributed by atoms with Gasteiger partial charge in [-0.05, 0) is 24.6 Å². The summed E-state index contributed by atoms with van der Waals surface area (Å²) in [6, 6.07) is 7.10. The third-order valence-corrected chi connectivity index (χ3v) is 2.33. The number of nitriles is 1. The van der Waals surface area contributed by atoms with E-state index in [0.29, 0.717) is 30.8 Å². The zero-order valence-corrected chi connectivity index (χ0v) is 9.81. The lowest BCUT2D eigenvalue weighted by molar-refractivity contribution is 0.0615. The Morgan fingerprint density at radius 3 is 2.94 bits per heavy atom. The summed E-state index contributed by atoms with van der Waals surface area (Å²) in [5.74, 6) is 0. The Morgan fingerprint density at radius 2 is 2.35 bits per heavy atom. The number of hydrogen-bond donors (Lipinski definition) is 3. The number of nitrogens with two attached hydrogens (primary N) is 1. The topological polar surface area (TPSA) is 91.3 Å². The largest absolute Gasteiger partial charge is 0.397 e. The smallest absolute Gasteiger partial charge is 0.0992 e. The van der Waals surface area contributed by atoms with E-state index in [1.54, 1.807) is 25.3 Å². The summed E-state index contributed by atoms with van der Waals surface area (Å²) in [6.45, 7) is 0.922. The number of hydrogen-bond acceptors (Lipinski definition) is 5. The van der Waals surface area contributed by atoms with Gasteiger partial charge in [0.25, 0.3) is 0 Å². The van der Waals surface area contributed by atoms with E-state index in [-0.39, 0.29) is 0 Å². The van der Waals surface area contributed by atoms with Crippen LogP contribution in [0.2, 0.25) is 0 Å². The Bertz CT molecular complexity index is 401. The van der Waals surface area contributed by atoms with Crippen LogP contribution in [0.5, 0.6) is 0 Å². The normalized spacial score (nSPS) is 11.8. The Labute approximate surface area is 101 Å². The highest BCUT2D eigenvalue weighted by Gasteiger charge is 2.04. The summed E-state index contributed by atoms with van der Waals surface area (Å²) >= 11 is 0. The average Bonchev–Trinajstić information content (AvgIpc) is 2.31. The predicted molar refractivity (Wildman–Crippen MR) is 66.6 cm³/mol. The van der Waals surface area contributed by atoms with E-state index in [2.05, 4.69) is 5.32 Å². The average molecular weight is 235 g/mol. The quantitative estimate of drug-likeness (QED) is 0.638. The number of rotatable bonds is 6. The molecule has 1 aromatic carbocycles. The molecule has 0 saturated heterocycles. The number of aliphatic hydroxyl groups excluding tert-OH is 1. The fourth-order valence-electron chi connectivity index (χ4n) is 1.44. The second-order valence-corrected chi connectivity index (χ2v) is 3.74. The summed E-state index contributed by atoms with van der Waals surface area (Å²) in [6.07, 6.45) is 0.0971. The number of benzene rings is 1. The van der Waals surface area contributed by atoms with Gasteiger partial charge in [-0.25, -0.2) is 0 Å². The molecule has 5 heteroatoms. The van der Waals surface area contributed by atoms with Gasteiger partial charge in [-0.15, -0.1) is 0 Å². The minimum Gasteiger partial charge on any atom is -0.397 e. The molecular weight excluding hydrogens is 218 g/mol. The van der Waals surface area contributed by atoms with Crippen molar-refractivity contribution in [3.63, 3.8) is 0 Å². The van der Waals surface area contributed by atoms with Gasteiger partial charge < -0.3 is 20.9 Å². The summed E-state index contributed by atoms with van der Waals surface area (Å²) in [5.41, 5.74) is 7.61.